The Morgan fingerprint density at radius 2 is 1.13 bits per heavy atom. The maximum Gasteiger partial charge on any atom is 0.306 e. The van der Waals surface area contributed by atoms with Crippen molar-refractivity contribution in [1.82, 2.24) is 10.6 Å². The summed E-state index contributed by atoms with van der Waals surface area (Å²) in [6, 6.07) is 35.9. The van der Waals surface area contributed by atoms with Crippen LogP contribution in [0.1, 0.15) is 45.9 Å². The van der Waals surface area contributed by atoms with E-state index in [4.69, 9.17) is 4.74 Å². The fraction of sp³-hybridized carbons (Fsp3) is 0.156. The number of carbonyl (C=O) groups is 3. The molecule has 1 atom stereocenters. The van der Waals surface area contributed by atoms with Crippen molar-refractivity contribution in [2.24, 2.45) is 0 Å². The number of hydrogen-bond acceptors (Lipinski definition) is 4. The minimum absolute atomic E-state index is 0.0265. The maximum absolute atomic E-state index is 13.6. The molecule has 0 radical (unpaired) electrons. The summed E-state index contributed by atoms with van der Waals surface area (Å²) in [6.45, 7) is 0.150. The van der Waals surface area contributed by atoms with Crippen LogP contribution in [0.15, 0.2) is 121 Å². The van der Waals surface area contributed by atoms with E-state index < -0.39 is 18.1 Å². The number of esters is 1. The topological polar surface area (TPSA) is 84.5 Å². The largest absolute Gasteiger partial charge is 0.461 e. The summed E-state index contributed by atoms with van der Waals surface area (Å²) < 4.78 is 5.38. The van der Waals surface area contributed by atoms with Crippen LogP contribution in [0.5, 0.6) is 0 Å². The molecule has 4 rings (SSSR count). The molecule has 0 bridgehead atoms. The van der Waals surface area contributed by atoms with Crippen LogP contribution in [0.3, 0.4) is 0 Å². The molecule has 4 aromatic carbocycles. The van der Waals surface area contributed by atoms with Crippen LogP contribution in [0, 0.1) is 0 Å². The van der Waals surface area contributed by atoms with Gasteiger partial charge >= 0.3 is 5.97 Å². The molecular formula is C32H30N2O4. The van der Waals surface area contributed by atoms with E-state index in [9.17, 15) is 14.4 Å². The number of benzene rings is 4. The third-order valence-corrected chi connectivity index (χ3v) is 6.09. The Labute approximate surface area is 222 Å². The van der Waals surface area contributed by atoms with Gasteiger partial charge < -0.3 is 15.4 Å². The van der Waals surface area contributed by atoms with E-state index in [2.05, 4.69) is 10.6 Å². The molecule has 2 amide bonds. The molecule has 6 heteroatoms. The summed E-state index contributed by atoms with van der Waals surface area (Å²) in [7, 11) is 0. The predicted octanol–water partition coefficient (Wildman–Crippen LogP) is 5.21. The van der Waals surface area contributed by atoms with Crippen molar-refractivity contribution in [3.63, 3.8) is 0 Å². The van der Waals surface area contributed by atoms with Crippen LogP contribution in [-0.4, -0.2) is 23.8 Å². The van der Waals surface area contributed by atoms with Gasteiger partial charge in [0.15, 0.2) is 0 Å². The second-order valence-corrected chi connectivity index (χ2v) is 8.84. The lowest BCUT2D eigenvalue weighted by atomic mass is 9.98. The zero-order valence-electron chi connectivity index (χ0n) is 21.0. The van der Waals surface area contributed by atoms with Crippen LogP contribution < -0.4 is 10.6 Å². The zero-order chi connectivity index (χ0) is 26.6. The number of amides is 2. The SMILES string of the molecule is O=C(CCC(NC(=O)c1ccccc1)C(=O)NC(c1ccccc1)c1ccccc1)OCc1ccccc1. The van der Waals surface area contributed by atoms with Gasteiger partial charge in [-0.15, -0.1) is 0 Å². The first kappa shape index (κ1) is 26.4. The normalized spacial score (nSPS) is 11.4. The molecule has 0 heterocycles. The van der Waals surface area contributed by atoms with Gasteiger partial charge in [-0.2, -0.15) is 0 Å². The maximum atomic E-state index is 13.6. The van der Waals surface area contributed by atoms with E-state index in [0.717, 1.165) is 16.7 Å². The van der Waals surface area contributed by atoms with Crippen LogP contribution in [0.25, 0.3) is 0 Å². The van der Waals surface area contributed by atoms with Gasteiger partial charge in [0.1, 0.15) is 12.6 Å². The number of hydrogen-bond donors (Lipinski definition) is 2. The van der Waals surface area contributed by atoms with Crippen molar-refractivity contribution in [2.45, 2.75) is 31.5 Å². The second-order valence-electron chi connectivity index (χ2n) is 8.84. The highest BCUT2D eigenvalue weighted by Gasteiger charge is 2.26. The molecule has 2 N–H and O–H groups in total. The van der Waals surface area contributed by atoms with Crippen molar-refractivity contribution >= 4 is 17.8 Å². The van der Waals surface area contributed by atoms with Crippen molar-refractivity contribution in [3.05, 3.63) is 144 Å². The van der Waals surface area contributed by atoms with Crippen molar-refractivity contribution in [1.29, 1.82) is 0 Å². The fourth-order valence-corrected chi connectivity index (χ4v) is 4.07. The van der Waals surface area contributed by atoms with E-state index in [1.807, 2.05) is 97.1 Å². The molecule has 0 aliphatic rings. The Balaban J connectivity index is 1.48. The first-order chi connectivity index (χ1) is 18.6. The lowest BCUT2D eigenvalue weighted by Gasteiger charge is -2.24. The van der Waals surface area contributed by atoms with Gasteiger partial charge in [0.2, 0.25) is 5.91 Å². The highest BCUT2D eigenvalue weighted by atomic mass is 16.5. The van der Waals surface area contributed by atoms with Gasteiger partial charge in [0.05, 0.1) is 6.04 Å². The Kier molecular flexibility index (Phi) is 9.40. The summed E-state index contributed by atoms with van der Waals surface area (Å²) in [4.78, 5) is 39.0. The monoisotopic (exact) mass is 506 g/mol. The fourth-order valence-electron chi connectivity index (χ4n) is 4.07. The molecule has 192 valence electrons. The summed E-state index contributed by atoms with van der Waals surface area (Å²) in [5.74, 6) is -1.22. The van der Waals surface area contributed by atoms with Gasteiger partial charge in [-0.25, -0.2) is 0 Å². The molecule has 0 spiro atoms. The Hall–Kier alpha value is -4.71. The van der Waals surface area contributed by atoms with E-state index in [1.54, 1.807) is 24.3 Å². The molecule has 1 unspecified atom stereocenters. The Morgan fingerprint density at radius 3 is 1.68 bits per heavy atom. The Morgan fingerprint density at radius 1 is 0.632 bits per heavy atom. The minimum Gasteiger partial charge on any atom is -0.461 e. The van der Waals surface area contributed by atoms with Crippen LogP contribution in [-0.2, 0) is 20.9 Å². The summed E-state index contributed by atoms with van der Waals surface area (Å²) >= 11 is 0. The third kappa shape index (κ3) is 7.64. The molecule has 0 fully saturated rings. The highest BCUT2D eigenvalue weighted by Crippen LogP contribution is 2.22. The van der Waals surface area contributed by atoms with Gasteiger partial charge in [0.25, 0.3) is 5.91 Å². The van der Waals surface area contributed by atoms with E-state index in [1.165, 1.54) is 0 Å². The first-order valence-electron chi connectivity index (χ1n) is 12.6. The second kappa shape index (κ2) is 13.6. The number of nitrogens with one attached hydrogen (secondary N) is 2. The third-order valence-electron chi connectivity index (χ3n) is 6.09. The summed E-state index contributed by atoms with van der Waals surface area (Å²) in [5, 5.41) is 5.89. The number of ether oxygens (including phenoxy) is 1. The molecule has 0 aromatic heterocycles. The molecule has 38 heavy (non-hydrogen) atoms. The first-order valence-corrected chi connectivity index (χ1v) is 12.6. The van der Waals surface area contributed by atoms with Crippen LogP contribution in [0.2, 0.25) is 0 Å². The van der Waals surface area contributed by atoms with E-state index in [-0.39, 0.29) is 31.3 Å². The van der Waals surface area contributed by atoms with Crippen molar-refractivity contribution in [3.8, 4) is 0 Å². The lowest BCUT2D eigenvalue weighted by Crippen LogP contribution is -2.48. The molecule has 0 saturated heterocycles. The average Bonchev–Trinajstić information content (AvgIpc) is 2.98. The molecule has 0 aliphatic carbocycles. The standard InChI is InChI=1S/C32H30N2O4/c35-29(38-23-24-13-5-1-6-14-24)22-21-28(33-31(36)27-19-11-4-12-20-27)32(37)34-30(25-15-7-2-8-16-25)26-17-9-3-10-18-26/h1-20,28,30H,21-23H2,(H,33,36)(H,34,37). The summed E-state index contributed by atoms with van der Waals surface area (Å²) in [6.07, 6.45) is 0.0651. The predicted molar refractivity (Wildman–Crippen MR) is 146 cm³/mol. The van der Waals surface area contributed by atoms with Crippen molar-refractivity contribution in [2.75, 3.05) is 0 Å². The van der Waals surface area contributed by atoms with Crippen molar-refractivity contribution < 1.29 is 19.1 Å². The molecular weight excluding hydrogens is 476 g/mol. The van der Waals surface area contributed by atoms with Gasteiger partial charge in [-0.3, -0.25) is 14.4 Å². The Bertz CT molecular complexity index is 1270. The highest BCUT2D eigenvalue weighted by molar-refractivity contribution is 5.97. The zero-order valence-corrected chi connectivity index (χ0v) is 21.0. The number of carbonyl (C=O) groups excluding carboxylic acids is 3. The lowest BCUT2D eigenvalue weighted by molar-refractivity contribution is -0.145. The molecule has 6 nitrogen and oxygen atoms in total. The molecule has 4 aromatic rings. The van der Waals surface area contributed by atoms with Gasteiger partial charge in [-0.1, -0.05) is 109 Å². The molecule has 0 aliphatic heterocycles. The van der Waals surface area contributed by atoms with E-state index >= 15 is 0 Å². The number of rotatable bonds is 11. The van der Waals surface area contributed by atoms with Gasteiger partial charge in [0, 0.05) is 12.0 Å². The molecule has 0 saturated carbocycles. The van der Waals surface area contributed by atoms with E-state index in [0.29, 0.717) is 5.56 Å². The quantitative estimate of drug-likeness (QED) is 0.273. The summed E-state index contributed by atoms with van der Waals surface area (Å²) in [5.41, 5.74) is 3.12. The van der Waals surface area contributed by atoms with Crippen LogP contribution >= 0.6 is 0 Å². The van der Waals surface area contributed by atoms with Gasteiger partial charge in [-0.05, 0) is 35.2 Å². The smallest absolute Gasteiger partial charge is 0.306 e. The van der Waals surface area contributed by atoms with Crippen LogP contribution in [0.4, 0.5) is 0 Å². The average molecular weight is 507 g/mol. The minimum atomic E-state index is -0.943.